The van der Waals surface area contributed by atoms with Gasteiger partial charge < -0.3 is 10.0 Å². The van der Waals surface area contributed by atoms with E-state index in [-0.39, 0.29) is 12.6 Å². The highest BCUT2D eigenvalue weighted by Gasteiger charge is 2.26. The van der Waals surface area contributed by atoms with E-state index in [1.165, 1.54) is 11.5 Å². The van der Waals surface area contributed by atoms with Gasteiger partial charge in [-0.1, -0.05) is 13.8 Å². The number of aromatic nitrogens is 2. The zero-order valence-corrected chi connectivity index (χ0v) is 10.00. The first-order valence-electron chi connectivity index (χ1n) is 5.43. The van der Waals surface area contributed by atoms with Crippen LogP contribution in [-0.2, 0) is 0 Å². The van der Waals surface area contributed by atoms with E-state index in [0.717, 1.165) is 30.3 Å². The molecule has 15 heavy (non-hydrogen) atoms. The molecular formula is C10H17N3OS. The summed E-state index contributed by atoms with van der Waals surface area (Å²) in [6.07, 6.45) is 2.20. The van der Waals surface area contributed by atoms with Crippen LogP contribution in [0.4, 0.5) is 5.13 Å². The first kappa shape index (κ1) is 10.8. The molecule has 2 heterocycles. The highest BCUT2D eigenvalue weighted by molar-refractivity contribution is 7.09. The van der Waals surface area contributed by atoms with Crippen molar-refractivity contribution in [2.75, 3.05) is 18.1 Å². The van der Waals surface area contributed by atoms with E-state index in [1.807, 2.05) is 0 Å². The van der Waals surface area contributed by atoms with Gasteiger partial charge in [-0.05, 0) is 12.8 Å². The molecule has 1 aromatic rings. The minimum Gasteiger partial charge on any atom is -0.394 e. The number of aliphatic hydroxyl groups excluding tert-OH is 1. The molecule has 5 heteroatoms. The summed E-state index contributed by atoms with van der Waals surface area (Å²) >= 11 is 1.45. The summed E-state index contributed by atoms with van der Waals surface area (Å²) in [5.41, 5.74) is 0. The SMILES string of the molecule is CC(C)c1nsc(N2CCCC2CO)n1. The van der Waals surface area contributed by atoms with Crippen molar-refractivity contribution in [1.29, 1.82) is 0 Å². The van der Waals surface area contributed by atoms with Crippen molar-refractivity contribution in [3.8, 4) is 0 Å². The maximum Gasteiger partial charge on any atom is 0.205 e. The summed E-state index contributed by atoms with van der Waals surface area (Å²) in [6, 6.07) is 0.248. The summed E-state index contributed by atoms with van der Waals surface area (Å²) in [6.45, 7) is 5.41. The molecule has 0 spiro atoms. The molecule has 1 aromatic heterocycles. The van der Waals surface area contributed by atoms with Crippen molar-refractivity contribution in [3.05, 3.63) is 5.82 Å². The molecule has 2 rings (SSSR count). The van der Waals surface area contributed by atoms with Crippen LogP contribution < -0.4 is 4.90 Å². The lowest BCUT2D eigenvalue weighted by atomic mass is 10.2. The number of hydrogen-bond acceptors (Lipinski definition) is 5. The number of hydrogen-bond donors (Lipinski definition) is 1. The van der Waals surface area contributed by atoms with Crippen molar-refractivity contribution in [1.82, 2.24) is 9.36 Å². The summed E-state index contributed by atoms with van der Waals surface area (Å²) in [4.78, 5) is 6.70. The van der Waals surface area contributed by atoms with E-state index >= 15 is 0 Å². The van der Waals surface area contributed by atoms with E-state index in [1.54, 1.807) is 0 Å². The molecule has 84 valence electrons. The maximum absolute atomic E-state index is 9.23. The molecule has 0 bridgehead atoms. The van der Waals surface area contributed by atoms with E-state index in [4.69, 9.17) is 0 Å². The fourth-order valence-corrected chi connectivity index (χ4v) is 2.76. The maximum atomic E-state index is 9.23. The fraction of sp³-hybridized carbons (Fsp3) is 0.800. The molecule has 0 amide bonds. The summed E-state index contributed by atoms with van der Waals surface area (Å²) in [5, 5.41) is 10.2. The summed E-state index contributed by atoms with van der Waals surface area (Å²) < 4.78 is 4.34. The molecule has 0 aromatic carbocycles. The third-order valence-electron chi connectivity index (χ3n) is 2.78. The van der Waals surface area contributed by atoms with Crippen LogP contribution in [0.5, 0.6) is 0 Å². The summed E-state index contributed by atoms with van der Waals surface area (Å²) in [5.74, 6) is 1.30. The second-order valence-corrected chi connectivity index (χ2v) is 4.99. The van der Waals surface area contributed by atoms with Crippen molar-refractivity contribution >= 4 is 16.7 Å². The highest BCUT2D eigenvalue weighted by atomic mass is 32.1. The van der Waals surface area contributed by atoms with Gasteiger partial charge in [0.05, 0.1) is 12.6 Å². The van der Waals surface area contributed by atoms with Gasteiger partial charge in [0.25, 0.3) is 0 Å². The Morgan fingerprint density at radius 3 is 3.00 bits per heavy atom. The molecular weight excluding hydrogens is 210 g/mol. The van der Waals surface area contributed by atoms with Gasteiger partial charge >= 0.3 is 0 Å². The van der Waals surface area contributed by atoms with Crippen molar-refractivity contribution in [2.24, 2.45) is 0 Å². The molecule has 1 unspecified atom stereocenters. The lowest BCUT2D eigenvalue weighted by Gasteiger charge is -2.21. The number of anilines is 1. The molecule has 1 saturated heterocycles. The monoisotopic (exact) mass is 227 g/mol. The van der Waals surface area contributed by atoms with Crippen molar-refractivity contribution in [2.45, 2.75) is 38.6 Å². The first-order chi connectivity index (χ1) is 7.22. The molecule has 1 fully saturated rings. The van der Waals surface area contributed by atoms with Crippen LogP contribution in [0.15, 0.2) is 0 Å². The Hall–Kier alpha value is -0.680. The van der Waals surface area contributed by atoms with Gasteiger partial charge in [0.15, 0.2) is 0 Å². The lowest BCUT2D eigenvalue weighted by Crippen LogP contribution is -2.31. The van der Waals surface area contributed by atoms with Crippen LogP contribution in [0.2, 0.25) is 0 Å². The summed E-state index contributed by atoms with van der Waals surface area (Å²) in [7, 11) is 0. The van der Waals surface area contributed by atoms with E-state index < -0.39 is 0 Å². The van der Waals surface area contributed by atoms with Crippen LogP contribution in [0.1, 0.15) is 38.4 Å². The lowest BCUT2D eigenvalue weighted by molar-refractivity contribution is 0.266. The van der Waals surface area contributed by atoms with Gasteiger partial charge in [-0.2, -0.15) is 4.37 Å². The molecule has 0 radical (unpaired) electrons. The third kappa shape index (κ3) is 2.13. The zero-order chi connectivity index (χ0) is 10.8. The van der Waals surface area contributed by atoms with Gasteiger partial charge in [0.1, 0.15) is 5.82 Å². The Morgan fingerprint density at radius 1 is 1.60 bits per heavy atom. The van der Waals surface area contributed by atoms with E-state index in [0.29, 0.717) is 5.92 Å². The molecule has 1 atom stereocenters. The molecule has 1 aliphatic heterocycles. The van der Waals surface area contributed by atoms with Gasteiger partial charge in [-0.25, -0.2) is 4.98 Å². The Labute approximate surface area is 94.1 Å². The van der Waals surface area contributed by atoms with Crippen LogP contribution >= 0.6 is 11.5 Å². The Bertz CT molecular complexity index is 326. The van der Waals surface area contributed by atoms with Gasteiger partial charge in [0.2, 0.25) is 5.13 Å². The third-order valence-corrected chi connectivity index (χ3v) is 3.55. The Morgan fingerprint density at radius 2 is 2.40 bits per heavy atom. The average Bonchev–Trinajstić information content (AvgIpc) is 2.85. The molecule has 4 nitrogen and oxygen atoms in total. The first-order valence-corrected chi connectivity index (χ1v) is 6.21. The minimum atomic E-state index is 0.219. The average molecular weight is 227 g/mol. The van der Waals surface area contributed by atoms with E-state index in [9.17, 15) is 5.11 Å². The number of aliphatic hydroxyl groups is 1. The predicted molar refractivity (Wildman–Crippen MR) is 61.5 cm³/mol. The zero-order valence-electron chi connectivity index (χ0n) is 9.18. The minimum absolute atomic E-state index is 0.219. The van der Waals surface area contributed by atoms with Crippen molar-refractivity contribution < 1.29 is 5.11 Å². The molecule has 0 saturated carbocycles. The smallest absolute Gasteiger partial charge is 0.205 e. The van der Waals surface area contributed by atoms with Crippen molar-refractivity contribution in [3.63, 3.8) is 0 Å². The van der Waals surface area contributed by atoms with Crippen LogP contribution in [0, 0.1) is 0 Å². The predicted octanol–water partition coefficient (Wildman–Crippen LogP) is 1.62. The van der Waals surface area contributed by atoms with Crippen LogP contribution in [0.3, 0.4) is 0 Å². The van der Waals surface area contributed by atoms with Crippen LogP contribution in [-0.4, -0.2) is 33.7 Å². The number of nitrogens with zero attached hydrogens (tertiary/aromatic N) is 3. The Balaban J connectivity index is 2.14. The second kappa shape index (κ2) is 4.45. The van der Waals surface area contributed by atoms with Gasteiger partial charge in [0, 0.05) is 24.0 Å². The topological polar surface area (TPSA) is 49.2 Å². The molecule has 1 N–H and O–H groups in total. The fourth-order valence-electron chi connectivity index (χ4n) is 1.85. The molecule has 1 aliphatic rings. The van der Waals surface area contributed by atoms with Gasteiger partial charge in [-0.3, -0.25) is 0 Å². The van der Waals surface area contributed by atoms with Gasteiger partial charge in [-0.15, -0.1) is 0 Å². The normalized spacial score (nSPS) is 21.6. The quantitative estimate of drug-likeness (QED) is 0.852. The van der Waals surface area contributed by atoms with Crippen LogP contribution in [0.25, 0.3) is 0 Å². The highest BCUT2D eigenvalue weighted by Crippen LogP contribution is 2.28. The Kier molecular flexibility index (Phi) is 3.21. The second-order valence-electron chi connectivity index (χ2n) is 4.26. The standard InChI is InChI=1S/C10H17N3OS/c1-7(2)9-11-10(15-12-9)13-5-3-4-8(13)6-14/h7-8,14H,3-6H2,1-2H3. The number of rotatable bonds is 3. The van der Waals surface area contributed by atoms with E-state index in [2.05, 4.69) is 28.1 Å². The molecule has 0 aliphatic carbocycles. The largest absolute Gasteiger partial charge is 0.394 e.